The lowest BCUT2D eigenvalue weighted by molar-refractivity contribution is -0.139. The van der Waals surface area contributed by atoms with Crippen LogP contribution in [0.15, 0.2) is 0 Å². The number of methoxy groups -OCH3 is 1. The number of aliphatic hydroxyl groups is 1. The van der Waals surface area contributed by atoms with Crippen molar-refractivity contribution >= 4 is 5.97 Å². The van der Waals surface area contributed by atoms with E-state index in [1.165, 1.54) is 7.11 Å². The summed E-state index contributed by atoms with van der Waals surface area (Å²) in [6.45, 7) is 4.36. The summed E-state index contributed by atoms with van der Waals surface area (Å²) in [5.74, 6) is 0.199. The van der Waals surface area contributed by atoms with E-state index < -0.39 is 0 Å². The van der Waals surface area contributed by atoms with E-state index in [1.807, 2.05) is 0 Å². The van der Waals surface area contributed by atoms with Crippen LogP contribution >= 0.6 is 0 Å². The summed E-state index contributed by atoms with van der Waals surface area (Å²) >= 11 is 0. The average Bonchev–Trinajstić information content (AvgIpc) is 2.10. The summed E-state index contributed by atoms with van der Waals surface area (Å²) in [6, 6.07) is -0.0147. The molecule has 0 aliphatic carbocycles. The van der Waals surface area contributed by atoms with Crippen molar-refractivity contribution in [2.75, 3.05) is 20.3 Å². The number of aliphatic hydroxyl groups excluding tert-OH is 1. The van der Waals surface area contributed by atoms with Crippen molar-refractivity contribution in [2.24, 2.45) is 5.92 Å². The van der Waals surface area contributed by atoms with Crippen LogP contribution in [-0.4, -0.2) is 37.4 Å². The molecule has 0 spiro atoms. The topological polar surface area (TPSA) is 58.6 Å². The minimum absolute atomic E-state index is 0.0147. The fraction of sp³-hybridized carbons (Fsp3) is 0.889. The molecule has 0 heterocycles. The van der Waals surface area contributed by atoms with Gasteiger partial charge in [0.25, 0.3) is 0 Å². The van der Waals surface area contributed by atoms with Crippen LogP contribution in [-0.2, 0) is 9.53 Å². The molecule has 0 saturated heterocycles. The maximum absolute atomic E-state index is 10.8. The number of hydrogen-bond acceptors (Lipinski definition) is 4. The van der Waals surface area contributed by atoms with Gasteiger partial charge in [0.2, 0.25) is 0 Å². The predicted molar refractivity (Wildman–Crippen MR) is 50.3 cm³/mol. The SMILES string of the molecule is COC(=O)CNC(CO)CC(C)C. The average molecular weight is 189 g/mol. The third-order valence-electron chi connectivity index (χ3n) is 1.74. The molecule has 2 N–H and O–H groups in total. The predicted octanol–water partition coefficient (Wildman–Crippen LogP) is 0.156. The molecule has 0 aliphatic rings. The van der Waals surface area contributed by atoms with Crippen LogP contribution in [0.4, 0.5) is 0 Å². The van der Waals surface area contributed by atoms with Crippen LogP contribution in [0.3, 0.4) is 0 Å². The third kappa shape index (κ3) is 6.54. The largest absolute Gasteiger partial charge is 0.468 e. The van der Waals surface area contributed by atoms with E-state index in [9.17, 15) is 4.79 Å². The van der Waals surface area contributed by atoms with E-state index in [4.69, 9.17) is 5.11 Å². The van der Waals surface area contributed by atoms with Crippen molar-refractivity contribution in [2.45, 2.75) is 26.3 Å². The highest BCUT2D eigenvalue weighted by atomic mass is 16.5. The molecule has 4 heteroatoms. The first-order chi connectivity index (χ1) is 6.10. The molecule has 0 bridgehead atoms. The zero-order chi connectivity index (χ0) is 10.3. The number of nitrogens with one attached hydrogen (secondary N) is 1. The molecule has 0 fully saturated rings. The van der Waals surface area contributed by atoms with Gasteiger partial charge in [-0.1, -0.05) is 13.8 Å². The summed E-state index contributed by atoms with van der Waals surface area (Å²) in [4.78, 5) is 10.8. The first-order valence-corrected chi connectivity index (χ1v) is 4.51. The molecule has 78 valence electrons. The van der Waals surface area contributed by atoms with Gasteiger partial charge < -0.3 is 15.2 Å². The molecule has 13 heavy (non-hydrogen) atoms. The van der Waals surface area contributed by atoms with Crippen molar-refractivity contribution in [3.8, 4) is 0 Å². The van der Waals surface area contributed by atoms with Gasteiger partial charge >= 0.3 is 5.97 Å². The Morgan fingerprint density at radius 1 is 1.54 bits per heavy atom. The summed E-state index contributed by atoms with van der Waals surface area (Å²) in [6.07, 6.45) is 0.855. The minimum Gasteiger partial charge on any atom is -0.468 e. The number of rotatable bonds is 6. The van der Waals surface area contributed by atoms with Crippen molar-refractivity contribution < 1.29 is 14.6 Å². The van der Waals surface area contributed by atoms with Crippen molar-refractivity contribution in [1.29, 1.82) is 0 Å². The molecule has 4 nitrogen and oxygen atoms in total. The van der Waals surface area contributed by atoms with Gasteiger partial charge in [-0.3, -0.25) is 4.79 Å². The Morgan fingerprint density at radius 3 is 2.54 bits per heavy atom. The lowest BCUT2D eigenvalue weighted by Gasteiger charge is -2.17. The summed E-state index contributed by atoms with van der Waals surface area (Å²) in [5, 5.41) is 11.9. The monoisotopic (exact) mass is 189 g/mol. The lowest BCUT2D eigenvalue weighted by Crippen LogP contribution is -2.37. The van der Waals surface area contributed by atoms with Gasteiger partial charge in [0.05, 0.1) is 20.3 Å². The second-order valence-electron chi connectivity index (χ2n) is 3.47. The standard InChI is InChI=1S/C9H19NO3/c1-7(2)4-8(6-11)10-5-9(12)13-3/h7-8,10-11H,4-6H2,1-3H3. The molecular formula is C9H19NO3. The van der Waals surface area contributed by atoms with E-state index in [1.54, 1.807) is 0 Å². The number of hydrogen-bond donors (Lipinski definition) is 2. The van der Waals surface area contributed by atoms with E-state index in [2.05, 4.69) is 23.9 Å². The van der Waals surface area contributed by atoms with Crippen LogP contribution in [0.5, 0.6) is 0 Å². The quantitative estimate of drug-likeness (QED) is 0.584. The molecule has 0 amide bonds. The molecule has 0 aliphatic heterocycles. The van der Waals surface area contributed by atoms with E-state index in [-0.39, 0.29) is 25.2 Å². The molecule has 0 aromatic rings. The number of carbonyl (C=O) groups excluding carboxylic acids is 1. The normalized spacial score (nSPS) is 13.0. The maximum atomic E-state index is 10.8. The van der Waals surface area contributed by atoms with E-state index in [0.29, 0.717) is 5.92 Å². The van der Waals surface area contributed by atoms with Crippen molar-refractivity contribution in [3.63, 3.8) is 0 Å². The molecule has 0 aromatic carbocycles. The van der Waals surface area contributed by atoms with Crippen LogP contribution in [0.1, 0.15) is 20.3 Å². The van der Waals surface area contributed by atoms with Crippen molar-refractivity contribution in [1.82, 2.24) is 5.32 Å². The lowest BCUT2D eigenvalue weighted by atomic mass is 10.0. The van der Waals surface area contributed by atoms with E-state index >= 15 is 0 Å². The fourth-order valence-corrected chi connectivity index (χ4v) is 1.09. The zero-order valence-electron chi connectivity index (χ0n) is 8.54. The second kappa shape index (κ2) is 6.86. The summed E-state index contributed by atoms with van der Waals surface area (Å²) < 4.78 is 4.47. The Bertz CT molecular complexity index is 148. The third-order valence-corrected chi connectivity index (χ3v) is 1.74. The van der Waals surface area contributed by atoms with Crippen LogP contribution in [0.2, 0.25) is 0 Å². The maximum Gasteiger partial charge on any atom is 0.319 e. The second-order valence-corrected chi connectivity index (χ2v) is 3.47. The Balaban J connectivity index is 3.65. The first kappa shape index (κ1) is 12.4. The van der Waals surface area contributed by atoms with Gasteiger partial charge in [0.1, 0.15) is 0 Å². The van der Waals surface area contributed by atoms with Gasteiger partial charge in [-0.25, -0.2) is 0 Å². The van der Waals surface area contributed by atoms with E-state index in [0.717, 1.165) is 6.42 Å². The van der Waals surface area contributed by atoms with Gasteiger partial charge in [0.15, 0.2) is 0 Å². The summed E-state index contributed by atoms with van der Waals surface area (Å²) in [5.41, 5.74) is 0. The van der Waals surface area contributed by atoms with Gasteiger partial charge in [-0.05, 0) is 12.3 Å². The van der Waals surface area contributed by atoms with Gasteiger partial charge in [-0.15, -0.1) is 0 Å². The minimum atomic E-state index is -0.304. The molecule has 0 aromatic heterocycles. The Labute approximate surface area is 79.3 Å². The highest BCUT2D eigenvalue weighted by Crippen LogP contribution is 2.03. The first-order valence-electron chi connectivity index (χ1n) is 4.51. The molecule has 0 rings (SSSR count). The zero-order valence-corrected chi connectivity index (χ0v) is 8.54. The Kier molecular flexibility index (Phi) is 6.54. The van der Waals surface area contributed by atoms with Gasteiger partial charge in [0, 0.05) is 6.04 Å². The highest BCUT2D eigenvalue weighted by molar-refractivity contribution is 5.71. The molecule has 0 radical (unpaired) electrons. The van der Waals surface area contributed by atoms with Gasteiger partial charge in [-0.2, -0.15) is 0 Å². The number of esters is 1. The Hall–Kier alpha value is -0.610. The van der Waals surface area contributed by atoms with Crippen LogP contribution in [0, 0.1) is 5.92 Å². The highest BCUT2D eigenvalue weighted by Gasteiger charge is 2.10. The fourth-order valence-electron chi connectivity index (χ4n) is 1.09. The Morgan fingerprint density at radius 2 is 2.15 bits per heavy atom. The molecule has 0 saturated carbocycles. The molecular weight excluding hydrogens is 170 g/mol. The van der Waals surface area contributed by atoms with Crippen molar-refractivity contribution in [3.05, 3.63) is 0 Å². The smallest absolute Gasteiger partial charge is 0.319 e. The molecule has 1 unspecified atom stereocenters. The molecule has 1 atom stereocenters. The summed E-state index contributed by atoms with van der Waals surface area (Å²) in [7, 11) is 1.35. The van der Waals surface area contributed by atoms with Crippen LogP contribution < -0.4 is 5.32 Å². The number of carbonyl (C=O) groups is 1. The van der Waals surface area contributed by atoms with Crippen LogP contribution in [0.25, 0.3) is 0 Å². The number of ether oxygens (including phenoxy) is 1.